The highest BCUT2D eigenvalue weighted by Crippen LogP contribution is 2.12. The van der Waals surface area contributed by atoms with Gasteiger partial charge in [-0.2, -0.15) is 0 Å². The molecule has 0 radical (unpaired) electrons. The molecule has 0 aliphatic carbocycles. The molecule has 4 N–H and O–H groups in total. The number of rotatable bonds is 6. The molecule has 0 unspecified atom stereocenters. The van der Waals surface area contributed by atoms with E-state index in [1.165, 1.54) is 0 Å². The highest BCUT2D eigenvalue weighted by Gasteiger charge is 2.21. The maximum Gasteiger partial charge on any atom is 0.231 e. The number of primary amides is 1. The summed E-state index contributed by atoms with van der Waals surface area (Å²) in [6.45, 7) is 4.37. The molecule has 0 spiro atoms. The van der Waals surface area contributed by atoms with Crippen LogP contribution in [0.5, 0.6) is 0 Å². The van der Waals surface area contributed by atoms with Crippen molar-refractivity contribution in [1.82, 2.24) is 5.32 Å². The Hall–Kier alpha value is -0.610. The second kappa shape index (κ2) is 5.11. The van der Waals surface area contributed by atoms with Crippen LogP contribution in [0, 0.1) is 0 Å². The lowest BCUT2D eigenvalue weighted by Crippen LogP contribution is -2.42. The van der Waals surface area contributed by atoms with E-state index in [0.29, 0.717) is 19.4 Å². The summed E-state index contributed by atoms with van der Waals surface area (Å²) < 4.78 is 0. The molecule has 12 heavy (non-hydrogen) atoms. The molecule has 0 atom stereocenters. The lowest BCUT2D eigenvalue weighted by atomic mass is 9.98. The second-order valence-corrected chi connectivity index (χ2v) is 3.00. The van der Waals surface area contributed by atoms with E-state index in [-0.39, 0.29) is 6.54 Å². The van der Waals surface area contributed by atoms with Crippen LogP contribution in [0.4, 0.5) is 0 Å². The summed E-state index contributed by atoms with van der Waals surface area (Å²) in [6.07, 6.45) is 1.35. The fourth-order valence-corrected chi connectivity index (χ4v) is 0.918. The van der Waals surface area contributed by atoms with Crippen LogP contribution < -0.4 is 11.1 Å². The number of aliphatic hydroxyl groups is 1. The lowest BCUT2D eigenvalue weighted by molar-refractivity contribution is -0.117. The summed E-state index contributed by atoms with van der Waals surface area (Å²) in [7, 11) is 0. The van der Waals surface area contributed by atoms with Gasteiger partial charge in [-0.15, -0.1) is 0 Å². The molecule has 4 nitrogen and oxygen atoms in total. The Morgan fingerprint density at radius 1 is 1.50 bits per heavy atom. The zero-order valence-electron chi connectivity index (χ0n) is 7.76. The van der Waals surface area contributed by atoms with E-state index < -0.39 is 11.5 Å². The Morgan fingerprint density at radius 2 is 2.00 bits per heavy atom. The number of hydrogen-bond donors (Lipinski definition) is 3. The molecule has 0 rings (SSSR count). The van der Waals surface area contributed by atoms with Crippen molar-refractivity contribution in [2.24, 2.45) is 5.73 Å². The van der Waals surface area contributed by atoms with Gasteiger partial charge in [-0.1, -0.05) is 13.8 Å². The summed E-state index contributed by atoms with van der Waals surface area (Å²) in [5, 5.41) is 12.5. The zero-order valence-corrected chi connectivity index (χ0v) is 7.76. The van der Waals surface area contributed by atoms with Gasteiger partial charge in [0.05, 0.1) is 12.1 Å². The first-order valence-corrected chi connectivity index (χ1v) is 4.25. The van der Waals surface area contributed by atoms with Gasteiger partial charge in [-0.3, -0.25) is 4.79 Å². The van der Waals surface area contributed by atoms with Crippen LogP contribution >= 0.6 is 0 Å². The lowest BCUT2D eigenvalue weighted by Gasteiger charge is -2.25. The van der Waals surface area contributed by atoms with Gasteiger partial charge in [0.1, 0.15) is 0 Å². The van der Waals surface area contributed by atoms with Crippen LogP contribution in [0.1, 0.15) is 26.7 Å². The number of hydrogen-bond acceptors (Lipinski definition) is 3. The molecule has 0 saturated heterocycles. The molecule has 0 fully saturated rings. The van der Waals surface area contributed by atoms with E-state index in [9.17, 15) is 9.90 Å². The summed E-state index contributed by atoms with van der Waals surface area (Å²) >= 11 is 0. The number of nitrogens with one attached hydrogen (secondary N) is 1. The van der Waals surface area contributed by atoms with Crippen molar-refractivity contribution in [2.75, 3.05) is 13.1 Å². The minimum absolute atomic E-state index is 0.127. The van der Waals surface area contributed by atoms with Crippen molar-refractivity contribution in [3.63, 3.8) is 0 Å². The average molecular weight is 174 g/mol. The second-order valence-electron chi connectivity index (χ2n) is 3.00. The third-order valence-electron chi connectivity index (χ3n) is 2.07. The van der Waals surface area contributed by atoms with Gasteiger partial charge < -0.3 is 16.2 Å². The van der Waals surface area contributed by atoms with Crippen LogP contribution in [-0.2, 0) is 4.79 Å². The maximum absolute atomic E-state index is 10.3. The molecule has 4 heteroatoms. The number of amides is 1. The van der Waals surface area contributed by atoms with Crippen molar-refractivity contribution in [1.29, 1.82) is 0 Å². The maximum atomic E-state index is 10.3. The predicted octanol–water partition coefficient (Wildman–Crippen LogP) is -0.388. The number of carbonyl (C=O) groups is 1. The molecule has 0 aliphatic rings. The molecule has 0 saturated carbocycles. The molecule has 0 aromatic rings. The number of nitrogens with two attached hydrogens (primary N) is 1. The van der Waals surface area contributed by atoms with Crippen molar-refractivity contribution >= 4 is 5.91 Å². The third kappa shape index (κ3) is 4.31. The van der Waals surface area contributed by atoms with Gasteiger partial charge in [0.25, 0.3) is 0 Å². The van der Waals surface area contributed by atoms with Gasteiger partial charge in [0.15, 0.2) is 0 Å². The van der Waals surface area contributed by atoms with Gasteiger partial charge >= 0.3 is 0 Å². The van der Waals surface area contributed by atoms with Crippen LogP contribution in [0.25, 0.3) is 0 Å². The molecular formula is C8H18N2O2. The molecule has 0 aliphatic heterocycles. The smallest absolute Gasteiger partial charge is 0.231 e. The van der Waals surface area contributed by atoms with E-state index in [1.54, 1.807) is 0 Å². The summed E-state index contributed by atoms with van der Waals surface area (Å²) in [5.74, 6) is -0.399. The minimum Gasteiger partial charge on any atom is -0.389 e. The van der Waals surface area contributed by atoms with Crippen LogP contribution in [0.15, 0.2) is 0 Å². The molecule has 0 heterocycles. The van der Waals surface area contributed by atoms with E-state index in [1.807, 2.05) is 13.8 Å². The average Bonchev–Trinajstić information content (AvgIpc) is 2.03. The van der Waals surface area contributed by atoms with E-state index >= 15 is 0 Å². The molecular weight excluding hydrogens is 156 g/mol. The van der Waals surface area contributed by atoms with Crippen molar-refractivity contribution < 1.29 is 9.90 Å². The Morgan fingerprint density at radius 3 is 2.33 bits per heavy atom. The molecule has 0 aromatic carbocycles. The molecule has 1 amide bonds. The Labute approximate surface area is 73.1 Å². The van der Waals surface area contributed by atoms with Crippen LogP contribution in [-0.4, -0.2) is 29.7 Å². The minimum atomic E-state index is -0.699. The van der Waals surface area contributed by atoms with Crippen molar-refractivity contribution in [3.05, 3.63) is 0 Å². The highest BCUT2D eigenvalue weighted by atomic mass is 16.3. The number of carbonyl (C=O) groups excluding carboxylic acids is 1. The van der Waals surface area contributed by atoms with Gasteiger partial charge in [-0.25, -0.2) is 0 Å². The predicted molar refractivity (Wildman–Crippen MR) is 47.6 cm³/mol. The standard InChI is InChI=1S/C8H18N2O2/c1-3-8(12,4-2)6-10-5-7(9)11/h10,12H,3-6H2,1-2H3,(H2,9,11). The van der Waals surface area contributed by atoms with Crippen molar-refractivity contribution in [2.45, 2.75) is 32.3 Å². The summed E-state index contributed by atoms with van der Waals surface area (Å²) in [4.78, 5) is 10.3. The fourth-order valence-electron chi connectivity index (χ4n) is 0.918. The highest BCUT2D eigenvalue weighted by molar-refractivity contribution is 5.75. The Bertz CT molecular complexity index is 144. The monoisotopic (exact) mass is 174 g/mol. The third-order valence-corrected chi connectivity index (χ3v) is 2.07. The normalized spacial score (nSPS) is 11.6. The Kier molecular flexibility index (Phi) is 4.85. The summed E-state index contributed by atoms with van der Waals surface area (Å²) in [6, 6.07) is 0. The first kappa shape index (κ1) is 11.4. The van der Waals surface area contributed by atoms with Gasteiger partial charge in [0, 0.05) is 6.54 Å². The van der Waals surface area contributed by atoms with Gasteiger partial charge in [-0.05, 0) is 12.8 Å². The SMILES string of the molecule is CCC(O)(CC)CNCC(N)=O. The van der Waals surface area contributed by atoms with E-state index in [0.717, 1.165) is 0 Å². The molecule has 72 valence electrons. The zero-order chi connectivity index (χ0) is 9.61. The molecule has 0 aromatic heterocycles. The van der Waals surface area contributed by atoms with E-state index in [4.69, 9.17) is 5.73 Å². The van der Waals surface area contributed by atoms with Crippen LogP contribution in [0.3, 0.4) is 0 Å². The fraction of sp³-hybridized carbons (Fsp3) is 0.875. The molecule has 0 bridgehead atoms. The van der Waals surface area contributed by atoms with E-state index in [2.05, 4.69) is 5.32 Å². The quantitative estimate of drug-likeness (QED) is 0.513. The van der Waals surface area contributed by atoms with Gasteiger partial charge in [0.2, 0.25) is 5.91 Å². The van der Waals surface area contributed by atoms with Crippen molar-refractivity contribution in [3.8, 4) is 0 Å². The summed E-state index contributed by atoms with van der Waals surface area (Å²) in [5.41, 5.74) is 4.22. The Balaban J connectivity index is 3.65. The van der Waals surface area contributed by atoms with Crippen LogP contribution in [0.2, 0.25) is 0 Å². The first-order chi connectivity index (χ1) is 5.54. The largest absolute Gasteiger partial charge is 0.389 e. The topological polar surface area (TPSA) is 75.3 Å². The first-order valence-electron chi connectivity index (χ1n) is 4.25.